The number of amides is 2. The predicted molar refractivity (Wildman–Crippen MR) is 97.5 cm³/mol. The number of nitrogens with zero attached hydrogens (tertiary/aromatic N) is 4. The van der Waals surface area contributed by atoms with Crippen molar-refractivity contribution in [3.8, 4) is 0 Å². The van der Waals surface area contributed by atoms with Crippen molar-refractivity contribution >= 4 is 11.8 Å². The summed E-state index contributed by atoms with van der Waals surface area (Å²) in [4.78, 5) is 28.9. The van der Waals surface area contributed by atoms with Gasteiger partial charge in [-0.3, -0.25) is 14.3 Å². The Balaban J connectivity index is 1.55. The van der Waals surface area contributed by atoms with Gasteiger partial charge in [0.15, 0.2) is 0 Å². The van der Waals surface area contributed by atoms with Gasteiger partial charge in [-0.05, 0) is 44.1 Å². The Kier molecular flexibility index (Phi) is 5.96. The van der Waals surface area contributed by atoms with Crippen LogP contribution in [-0.2, 0) is 14.3 Å². The van der Waals surface area contributed by atoms with Gasteiger partial charge < -0.3 is 14.5 Å². The van der Waals surface area contributed by atoms with E-state index in [1.165, 1.54) is 0 Å². The Morgan fingerprint density at radius 3 is 2.77 bits per heavy atom. The number of methoxy groups -OCH3 is 1. The van der Waals surface area contributed by atoms with Crippen molar-refractivity contribution in [3.05, 3.63) is 18.5 Å². The zero-order chi connectivity index (χ0) is 18.6. The lowest BCUT2D eigenvalue weighted by Crippen LogP contribution is -2.53. The summed E-state index contributed by atoms with van der Waals surface area (Å²) in [7, 11) is 1.69. The monoisotopic (exact) mass is 362 g/mol. The van der Waals surface area contributed by atoms with Crippen molar-refractivity contribution in [2.75, 3.05) is 39.9 Å². The topological polar surface area (TPSA) is 67.7 Å². The summed E-state index contributed by atoms with van der Waals surface area (Å²) in [6, 6.07) is 1.57. The molecule has 7 heteroatoms. The number of ether oxygens (including phenoxy) is 1. The number of likely N-dealkylation sites (tertiary alicyclic amines) is 2. The van der Waals surface area contributed by atoms with Crippen molar-refractivity contribution in [2.24, 2.45) is 5.41 Å². The van der Waals surface area contributed by atoms with Crippen LogP contribution < -0.4 is 0 Å². The van der Waals surface area contributed by atoms with Crippen molar-refractivity contribution in [2.45, 2.75) is 45.1 Å². The van der Waals surface area contributed by atoms with Crippen molar-refractivity contribution < 1.29 is 14.3 Å². The third-order valence-corrected chi connectivity index (χ3v) is 5.94. The first-order chi connectivity index (χ1) is 12.5. The number of hydrogen-bond donors (Lipinski definition) is 0. The number of aromatic nitrogens is 2. The van der Waals surface area contributed by atoms with E-state index < -0.39 is 0 Å². The van der Waals surface area contributed by atoms with Gasteiger partial charge in [-0.25, -0.2) is 0 Å². The van der Waals surface area contributed by atoms with Gasteiger partial charge in [0.1, 0.15) is 6.04 Å². The van der Waals surface area contributed by atoms with Gasteiger partial charge in [-0.15, -0.1) is 0 Å². The Morgan fingerprint density at radius 1 is 1.35 bits per heavy atom. The molecule has 7 nitrogen and oxygen atoms in total. The molecule has 3 heterocycles. The summed E-state index contributed by atoms with van der Waals surface area (Å²) in [5.74, 6) is 0.393. The molecule has 0 aromatic carbocycles. The summed E-state index contributed by atoms with van der Waals surface area (Å²) in [5.41, 5.74) is 0.173. The maximum Gasteiger partial charge on any atom is 0.247 e. The van der Waals surface area contributed by atoms with E-state index in [4.69, 9.17) is 4.74 Å². The fourth-order valence-corrected chi connectivity index (χ4v) is 4.20. The van der Waals surface area contributed by atoms with Crippen LogP contribution in [0.1, 0.15) is 45.1 Å². The zero-order valence-corrected chi connectivity index (χ0v) is 15.9. The second kappa shape index (κ2) is 8.20. The largest absolute Gasteiger partial charge is 0.385 e. The molecule has 2 aliphatic rings. The highest BCUT2D eigenvalue weighted by Crippen LogP contribution is 2.40. The smallest absolute Gasteiger partial charge is 0.247 e. The lowest BCUT2D eigenvalue weighted by molar-refractivity contribution is -0.144. The van der Waals surface area contributed by atoms with E-state index in [1.807, 2.05) is 29.0 Å². The first-order valence-electron chi connectivity index (χ1n) is 9.59. The fourth-order valence-electron chi connectivity index (χ4n) is 4.20. The minimum atomic E-state index is -0.266. The Hall–Kier alpha value is -1.89. The fraction of sp³-hybridized carbons (Fsp3) is 0.737. The molecule has 1 aromatic heterocycles. The van der Waals surface area contributed by atoms with Crippen LogP contribution in [0, 0.1) is 5.41 Å². The number of piperidine rings is 2. The minimum Gasteiger partial charge on any atom is -0.385 e. The Labute approximate surface area is 155 Å². The minimum absolute atomic E-state index is 0.132. The molecule has 0 N–H and O–H groups in total. The molecule has 2 fully saturated rings. The van der Waals surface area contributed by atoms with Crippen LogP contribution in [0.4, 0.5) is 0 Å². The number of rotatable bonds is 6. The molecule has 2 amide bonds. The molecule has 0 saturated carbocycles. The number of hydrogen-bond acceptors (Lipinski definition) is 4. The molecule has 1 atom stereocenters. The van der Waals surface area contributed by atoms with Crippen molar-refractivity contribution in [3.63, 3.8) is 0 Å². The maximum absolute atomic E-state index is 12.7. The summed E-state index contributed by atoms with van der Waals surface area (Å²) in [5, 5.41) is 4.18. The van der Waals surface area contributed by atoms with E-state index >= 15 is 0 Å². The standard InChI is InChI=1S/C19H30N4O3/c1-16(23-11-3-9-20-23)18(25)21-12-7-19(8-13-21)6-5-17(24)22(15-19)10-4-14-26-2/h3,9,11,16H,4-8,10,12-15H2,1-2H3/t16-/m0/s1. The summed E-state index contributed by atoms with van der Waals surface area (Å²) >= 11 is 0. The van der Waals surface area contributed by atoms with Crippen LogP contribution in [0.15, 0.2) is 18.5 Å². The molecule has 2 aliphatic heterocycles. The lowest BCUT2D eigenvalue weighted by Gasteiger charge is -2.47. The number of carbonyl (C=O) groups excluding carboxylic acids is 2. The predicted octanol–water partition coefficient (Wildman–Crippen LogP) is 1.71. The highest BCUT2D eigenvalue weighted by atomic mass is 16.5. The van der Waals surface area contributed by atoms with E-state index in [1.54, 1.807) is 18.0 Å². The molecule has 1 spiro atoms. The van der Waals surface area contributed by atoms with Crippen LogP contribution in [0.2, 0.25) is 0 Å². The highest BCUT2D eigenvalue weighted by molar-refractivity contribution is 5.80. The van der Waals surface area contributed by atoms with Gasteiger partial charge >= 0.3 is 0 Å². The van der Waals surface area contributed by atoms with Gasteiger partial charge in [-0.2, -0.15) is 5.10 Å². The number of carbonyl (C=O) groups is 2. The SMILES string of the molecule is COCCCN1CC2(CCC1=O)CCN(C(=O)[C@H](C)n1cccn1)CC2. The summed E-state index contributed by atoms with van der Waals surface area (Å²) in [6.07, 6.45) is 7.93. The van der Waals surface area contributed by atoms with E-state index in [2.05, 4.69) is 5.10 Å². The molecule has 0 aliphatic carbocycles. The third kappa shape index (κ3) is 4.09. The van der Waals surface area contributed by atoms with E-state index in [-0.39, 0.29) is 23.3 Å². The Morgan fingerprint density at radius 2 is 2.12 bits per heavy atom. The van der Waals surface area contributed by atoms with Crippen LogP contribution in [-0.4, -0.2) is 71.3 Å². The molecule has 0 unspecified atom stereocenters. The molecule has 26 heavy (non-hydrogen) atoms. The average molecular weight is 362 g/mol. The lowest BCUT2D eigenvalue weighted by atomic mass is 9.72. The van der Waals surface area contributed by atoms with E-state index in [0.29, 0.717) is 13.0 Å². The summed E-state index contributed by atoms with van der Waals surface area (Å²) < 4.78 is 6.82. The van der Waals surface area contributed by atoms with Crippen LogP contribution in [0.25, 0.3) is 0 Å². The second-order valence-corrected chi connectivity index (χ2v) is 7.65. The normalized spacial score (nSPS) is 21.2. The molecular formula is C19H30N4O3. The van der Waals surface area contributed by atoms with Crippen LogP contribution in [0.5, 0.6) is 0 Å². The van der Waals surface area contributed by atoms with Gasteiger partial charge in [0, 0.05) is 58.7 Å². The van der Waals surface area contributed by atoms with Crippen molar-refractivity contribution in [1.29, 1.82) is 0 Å². The molecule has 0 bridgehead atoms. The Bertz CT molecular complexity index is 608. The summed E-state index contributed by atoms with van der Waals surface area (Å²) in [6.45, 7) is 5.72. The van der Waals surface area contributed by atoms with Gasteiger partial charge in [-0.1, -0.05) is 0 Å². The molecule has 3 rings (SSSR count). The van der Waals surface area contributed by atoms with E-state index in [9.17, 15) is 9.59 Å². The molecule has 144 valence electrons. The molecule has 1 aromatic rings. The highest BCUT2D eigenvalue weighted by Gasteiger charge is 2.42. The van der Waals surface area contributed by atoms with Crippen LogP contribution >= 0.6 is 0 Å². The quantitative estimate of drug-likeness (QED) is 0.723. The van der Waals surface area contributed by atoms with Crippen molar-refractivity contribution in [1.82, 2.24) is 19.6 Å². The second-order valence-electron chi connectivity index (χ2n) is 7.65. The molecular weight excluding hydrogens is 332 g/mol. The third-order valence-electron chi connectivity index (χ3n) is 5.94. The van der Waals surface area contributed by atoms with Gasteiger partial charge in [0.2, 0.25) is 11.8 Å². The van der Waals surface area contributed by atoms with Gasteiger partial charge in [0.25, 0.3) is 0 Å². The van der Waals surface area contributed by atoms with Crippen LogP contribution in [0.3, 0.4) is 0 Å². The van der Waals surface area contributed by atoms with E-state index in [0.717, 1.165) is 51.9 Å². The molecule has 0 radical (unpaired) electrons. The first kappa shape index (κ1) is 18.9. The first-order valence-corrected chi connectivity index (χ1v) is 9.59. The zero-order valence-electron chi connectivity index (χ0n) is 15.9. The molecule has 2 saturated heterocycles. The van der Waals surface area contributed by atoms with Gasteiger partial charge in [0.05, 0.1) is 0 Å². The average Bonchev–Trinajstić information content (AvgIpc) is 3.19. The maximum atomic E-state index is 12.7.